The number of nitrogens with zero attached hydrogens (tertiary/aromatic N) is 2. The van der Waals surface area contributed by atoms with Gasteiger partial charge in [-0.15, -0.1) is 0 Å². The molecular formula is C9H9BrN2O. The molecule has 0 aromatic carbocycles. The summed E-state index contributed by atoms with van der Waals surface area (Å²) in [4.78, 5) is 3.98. The molecule has 1 unspecified atom stereocenters. The monoisotopic (exact) mass is 240 g/mol. The average Bonchev–Trinajstić information content (AvgIpc) is 2.17. The molecule has 4 heteroatoms. The maximum atomic E-state index is 8.67. The van der Waals surface area contributed by atoms with Gasteiger partial charge in [0.2, 0.25) is 0 Å². The predicted molar refractivity (Wildman–Crippen MR) is 52.3 cm³/mol. The van der Waals surface area contributed by atoms with Crippen molar-refractivity contribution >= 4 is 15.9 Å². The molecule has 0 spiro atoms. The van der Waals surface area contributed by atoms with E-state index < -0.39 is 6.10 Å². The number of rotatable bonds is 3. The molecule has 1 aromatic heterocycles. The van der Waals surface area contributed by atoms with Crippen molar-refractivity contribution in [2.24, 2.45) is 0 Å². The summed E-state index contributed by atoms with van der Waals surface area (Å²) in [6.07, 6.45) is 1.92. The van der Waals surface area contributed by atoms with Crippen molar-refractivity contribution < 1.29 is 4.74 Å². The molecule has 0 radical (unpaired) electrons. The number of ether oxygens (including phenoxy) is 1. The second-order valence-electron chi connectivity index (χ2n) is 2.44. The van der Waals surface area contributed by atoms with Crippen LogP contribution in [0, 0.1) is 11.3 Å². The van der Waals surface area contributed by atoms with Crippen LogP contribution in [0.3, 0.4) is 0 Å². The number of pyridine rings is 1. The van der Waals surface area contributed by atoms with Gasteiger partial charge in [0, 0.05) is 6.20 Å². The first-order chi connectivity index (χ1) is 6.27. The van der Waals surface area contributed by atoms with Gasteiger partial charge in [-0.25, -0.2) is 4.98 Å². The lowest BCUT2D eigenvalue weighted by atomic mass is 10.3. The summed E-state index contributed by atoms with van der Waals surface area (Å²) in [5.74, 6) is 0.607. The van der Waals surface area contributed by atoms with Crippen LogP contribution in [-0.4, -0.2) is 11.1 Å². The molecule has 0 bridgehead atoms. The van der Waals surface area contributed by atoms with Gasteiger partial charge in [-0.2, -0.15) is 5.26 Å². The third kappa shape index (κ3) is 2.71. The zero-order valence-corrected chi connectivity index (χ0v) is 8.78. The number of hydrogen-bond acceptors (Lipinski definition) is 3. The normalized spacial score (nSPS) is 11.8. The van der Waals surface area contributed by atoms with Gasteiger partial charge in [0.1, 0.15) is 10.7 Å². The average molecular weight is 241 g/mol. The van der Waals surface area contributed by atoms with E-state index in [0.29, 0.717) is 16.8 Å². The van der Waals surface area contributed by atoms with Crippen molar-refractivity contribution in [3.8, 4) is 11.8 Å². The zero-order chi connectivity index (χ0) is 9.68. The van der Waals surface area contributed by atoms with Crippen LogP contribution in [0.4, 0.5) is 0 Å². The van der Waals surface area contributed by atoms with E-state index in [2.05, 4.69) is 27.0 Å². The molecule has 1 aromatic rings. The largest absolute Gasteiger partial charge is 0.473 e. The Bertz CT molecular complexity index is 322. The van der Waals surface area contributed by atoms with Crippen molar-refractivity contribution in [2.45, 2.75) is 19.4 Å². The molecule has 0 amide bonds. The molecule has 68 valence electrons. The van der Waals surface area contributed by atoms with Crippen molar-refractivity contribution in [1.29, 1.82) is 5.26 Å². The SMILES string of the molecule is CCC(C#N)Oc1cccnc1Br. The lowest BCUT2D eigenvalue weighted by Crippen LogP contribution is -2.12. The number of halogens is 1. The van der Waals surface area contributed by atoms with Crippen LogP contribution in [-0.2, 0) is 0 Å². The van der Waals surface area contributed by atoms with Crippen molar-refractivity contribution in [1.82, 2.24) is 4.98 Å². The Kier molecular flexibility index (Phi) is 3.71. The minimum absolute atomic E-state index is 0.402. The topological polar surface area (TPSA) is 45.9 Å². The summed E-state index contributed by atoms with van der Waals surface area (Å²) in [5.41, 5.74) is 0. The standard InChI is InChI=1S/C9H9BrN2O/c1-2-7(6-11)13-8-4-3-5-12-9(8)10/h3-5,7H,2H2,1H3. The minimum Gasteiger partial charge on any atom is -0.473 e. The molecule has 0 saturated heterocycles. The highest BCUT2D eigenvalue weighted by atomic mass is 79.9. The first kappa shape index (κ1) is 10.0. The maximum absolute atomic E-state index is 8.67. The molecule has 0 aliphatic rings. The van der Waals surface area contributed by atoms with Crippen molar-refractivity contribution in [3.05, 3.63) is 22.9 Å². The fourth-order valence-corrected chi connectivity index (χ4v) is 1.16. The number of aromatic nitrogens is 1. The molecule has 0 aliphatic carbocycles. The molecule has 0 fully saturated rings. The molecular weight excluding hydrogens is 232 g/mol. The highest BCUT2D eigenvalue weighted by molar-refractivity contribution is 9.10. The van der Waals surface area contributed by atoms with E-state index in [4.69, 9.17) is 10.00 Å². The van der Waals surface area contributed by atoms with Gasteiger partial charge >= 0.3 is 0 Å². The Morgan fingerprint density at radius 3 is 3.08 bits per heavy atom. The third-order valence-electron chi connectivity index (χ3n) is 1.51. The maximum Gasteiger partial charge on any atom is 0.184 e. The van der Waals surface area contributed by atoms with Crippen LogP contribution in [0.1, 0.15) is 13.3 Å². The van der Waals surface area contributed by atoms with Crippen LogP contribution in [0.15, 0.2) is 22.9 Å². The summed E-state index contributed by atoms with van der Waals surface area (Å²) in [5, 5.41) is 8.67. The first-order valence-electron chi connectivity index (χ1n) is 3.94. The highest BCUT2D eigenvalue weighted by Crippen LogP contribution is 2.22. The second-order valence-corrected chi connectivity index (χ2v) is 3.19. The second kappa shape index (κ2) is 4.83. The van der Waals surface area contributed by atoms with Crippen LogP contribution < -0.4 is 4.74 Å². The van der Waals surface area contributed by atoms with Gasteiger partial charge in [0.15, 0.2) is 11.9 Å². The van der Waals surface area contributed by atoms with Gasteiger partial charge in [0.05, 0.1) is 0 Å². The third-order valence-corrected chi connectivity index (χ3v) is 2.10. The lowest BCUT2D eigenvalue weighted by molar-refractivity contribution is 0.249. The van der Waals surface area contributed by atoms with Crippen LogP contribution in [0.2, 0.25) is 0 Å². The van der Waals surface area contributed by atoms with E-state index in [-0.39, 0.29) is 0 Å². The summed E-state index contributed by atoms with van der Waals surface area (Å²) in [6.45, 7) is 1.90. The lowest BCUT2D eigenvalue weighted by Gasteiger charge is -2.10. The molecule has 0 aliphatic heterocycles. The highest BCUT2D eigenvalue weighted by Gasteiger charge is 2.08. The molecule has 1 heterocycles. The van der Waals surface area contributed by atoms with Crippen molar-refractivity contribution in [3.63, 3.8) is 0 Å². The number of nitriles is 1. The molecule has 0 N–H and O–H groups in total. The van der Waals surface area contributed by atoms with E-state index in [0.717, 1.165) is 0 Å². The smallest absolute Gasteiger partial charge is 0.184 e. The summed E-state index contributed by atoms with van der Waals surface area (Å²) in [7, 11) is 0. The fourth-order valence-electron chi connectivity index (χ4n) is 0.813. The fraction of sp³-hybridized carbons (Fsp3) is 0.333. The molecule has 1 rings (SSSR count). The Labute approximate surface area is 85.5 Å². The predicted octanol–water partition coefficient (Wildman–Crippen LogP) is 2.53. The molecule has 0 saturated carbocycles. The summed E-state index contributed by atoms with van der Waals surface area (Å²) in [6, 6.07) is 5.60. The van der Waals surface area contributed by atoms with Gasteiger partial charge in [0.25, 0.3) is 0 Å². The van der Waals surface area contributed by atoms with Gasteiger partial charge in [-0.3, -0.25) is 0 Å². The van der Waals surface area contributed by atoms with Crippen molar-refractivity contribution in [2.75, 3.05) is 0 Å². The zero-order valence-electron chi connectivity index (χ0n) is 7.20. The van der Waals surface area contributed by atoms with E-state index >= 15 is 0 Å². The Balaban J connectivity index is 2.74. The van der Waals surface area contributed by atoms with Gasteiger partial charge in [-0.05, 0) is 34.5 Å². The Morgan fingerprint density at radius 2 is 2.54 bits per heavy atom. The summed E-state index contributed by atoms with van der Waals surface area (Å²) >= 11 is 3.24. The Morgan fingerprint density at radius 1 is 1.77 bits per heavy atom. The minimum atomic E-state index is -0.402. The van der Waals surface area contributed by atoms with E-state index in [1.807, 2.05) is 6.92 Å². The molecule has 3 nitrogen and oxygen atoms in total. The number of hydrogen-bond donors (Lipinski definition) is 0. The molecule has 13 heavy (non-hydrogen) atoms. The van der Waals surface area contributed by atoms with E-state index in [1.165, 1.54) is 0 Å². The van der Waals surface area contributed by atoms with E-state index in [9.17, 15) is 0 Å². The molecule has 1 atom stereocenters. The van der Waals surface area contributed by atoms with Gasteiger partial charge in [-0.1, -0.05) is 6.92 Å². The van der Waals surface area contributed by atoms with Crippen LogP contribution in [0.25, 0.3) is 0 Å². The summed E-state index contributed by atoms with van der Waals surface area (Å²) < 4.78 is 6.00. The quantitative estimate of drug-likeness (QED) is 0.764. The Hall–Kier alpha value is -1.08. The van der Waals surface area contributed by atoms with Crippen LogP contribution >= 0.6 is 15.9 Å². The van der Waals surface area contributed by atoms with Gasteiger partial charge < -0.3 is 4.74 Å². The first-order valence-corrected chi connectivity index (χ1v) is 4.74. The van der Waals surface area contributed by atoms with Crippen LogP contribution in [0.5, 0.6) is 5.75 Å². The van der Waals surface area contributed by atoms with E-state index in [1.54, 1.807) is 18.3 Å².